The Morgan fingerprint density at radius 1 is 1.37 bits per heavy atom. The Hall–Kier alpha value is -0.280. The summed E-state index contributed by atoms with van der Waals surface area (Å²) in [6.07, 6.45) is 4.88. The summed E-state index contributed by atoms with van der Waals surface area (Å²) in [6, 6.07) is 0. The zero-order valence-corrected chi connectivity index (χ0v) is 13.0. The number of halogens is 1. The number of ketones is 2. The Bertz CT molecular complexity index is 397. The summed E-state index contributed by atoms with van der Waals surface area (Å²) in [4.78, 5) is 24.1. The predicted molar refractivity (Wildman–Crippen MR) is 80.6 cm³/mol. The number of hydrogen-bond acceptors (Lipinski definition) is 3. The molecule has 0 spiro atoms. The summed E-state index contributed by atoms with van der Waals surface area (Å²) >= 11 is 8.23. The van der Waals surface area contributed by atoms with Crippen molar-refractivity contribution >= 4 is 34.9 Å². The van der Waals surface area contributed by atoms with Gasteiger partial charge in [-0.25, -0.2) is 0 Å². The van der Waals surface area contributed by atoms with Crippen LogP contribution < -0.4 is 0 Å². The van der Waals surface area contributed by atoms with E-state index in [9.17, 15) is 9.59 Å². The molecule has 0 aromatic rings. The molecule has 4 heteroatoms. The van der Waals surface area contributed by atoms with Crippen molar-refractivity contribution in [2.75, 3.05) is 11.5 Å². The molecule has 2 atom stereocenters. The first kappa shape index (κ1) is 15.1. The average Bonchev–Trinajstić information content (AvgIpc) is 2.39. The molecule has 0 aromatic heterocycles. The number of carbonyl (C=O) groups is 2. The van der Waals surface area contributed by atoms with Gasteiger partial charge in [-0.05, 0) is 49.0 Å². The summed E-state index contributed by atoms with van der Waals surface area (Å²) in [5, 5.41) is 0.523. The Labute approximate surface area is 124 Å². The van der Waals surface area contributed by atoms with Crippen molar-refractivity contribution < 1.29 is 9.59 Å². The van der Waals surface area contributed by atoms with Gasteiger partial charge < -0.3 is 0 Å². The number of carbonyl (C=O) groups excluding carboxylic acids is 2. The van der Waals surface area contributed by atoms with Gasteiger partial charge in [0.1, 0.15) is 0 Å². The molecular formula is C15H21ClO2S. The van der Waals surface area contributed by atoms with E-state index >= 15 is 0 Å². The van der Waals surface area contributed by atoms with E-state index in [4.69, 9.17) is 11.6 Å². The molecule has 2 rings (SSSR count). The molecule has 0 amide bonds. The maximum absolute atomic E-state index is 12.2. The largest absolute Gasteiger partial charge is 0.294 e. The first-order chi connectivity index (χ1) is 9.13. The van der Waals surface area contributed by atoms with E-state index in [2.05, 4.69) is 0 Å². The second-order valence-corrected chi connectivity index (χ2v) is 7.13. The van der Waals surface area contributed by atoms with Gasteiger partial charge in [0.05, 0.1) is 5.57 Å². The van der Waals surface area contributed by atoms with Gasteiger partial charge in [-0.15, -0.1) is 0 Å². The fraction of sp³-hybridized carbons (Fsp3) is 0.733. The van der Waals surface area contributed by atoms with E-state index in [-0.39, 0.29) is 11.6 Å². The summed E-state index contributed by atoms with van der Waals surface area (Å²) in [7, 11) is 0. The third kappa shape index (κ3) is 3.63. The van der Waals surface area contributed by atoms with Gasteiger partial charge in [0.2, 0.25) is 0 Å². The Balaban J connectivity index is 2.08. The van der Waals surface area contributed by atoms with Crippen LogP contribution >= 0.6 is 23.4 Å². The maximum atomic E-state index is 12.2. The average molecular weight is 301 g/mol. The van der Waals surface area contributed by atoms with E-state index in [1.54, 1.807) is 0 Å². The Morgan fingerprint density at radius 3 is 2.74 bits per heavy atom. The summed E-state index contributed by atoms with van der Waals surface area (Å²) in [5.41, 5.74) is 0.309. The number of thioether (sulfide) groups is 1. The van der Waals surface area contributed by atoms with Gasteiger partial charge in [-0.2, -0.15) is 11.8 Å². The van der Waals surface area contributed by atoms with Crippen LogP contribution in [0, 0.1) is 11.8 Å². The second kappa shape index (κ2) is 6.94. The van der Waals surface area contributed by atoms with Crippen LogP contribution in [0.2, 0.25) is 0 Å². The van der Waals surface area contributed by atoms with E-state index in [0.717, 1.165) is 18.6 Å². The van der Waals surface area contributed by atoms with Crippen LogP contribution in [-0.2, 0) is 9.59 Å². The lowest BCUT2D eigenvalue weighted by molar-refractivity contribution is -0.122. The maximum Gasteiger partial charge on any atom is 0.167 e. The van der Waals surface area contributed by atoms with E-state index in [0.29, 0.717) is 35.3 Å². The van der Waals surface area contributed by atoms with Gasteiger partial charge in [0.15, 0.2) is 11.6 Å². The van der Waals surface area contributed by atoms with Gasteiger partial charge in [-0.3, -0.25) is 9.59 Å². The molecule has 2 aliphatic rings. The minimum atomic E-state index is -0.0611. The number of Topliss-reactive ketones (excluding diaryl/α,β-unsaturated/α-hetero) is 2. The number of allylic oxidation sites excluding steroid dienone is 2. The summed E-state index contributed by atoms with van der Waals surface area (Å²) < 4.78 is 0. The highest BCUT2D eigenvalue weighted by atomic mass is 35.5. The molecular weight excluding hydrogens is 280 g/mol. The molecule has 106 valence electrons. The second-order valence-electron chi connectivity index (χ2n) is 5.52. The molecule has 0 N–H and O–H groups in total. The SMILES string of the molecule is CCCC(=O)C1=C(Cl)CC(C2CCCSC2)CC1=O. The fourth-order valence-corrected chi connectivity index (χ4v) is 4.71. The third-order valence-corrected chi connectivity index (χ3v) is 5.64. The molecule has 0 aromatic carbocycles. The minimum absolute atomic E-state index is 0.0183. The fourth-order valence-electron chi connectivity index (χ4n) is 3.03. The summed E-state index contributed by atoms with van der Waals surface area (Å²) in [5.74, 6) is 3.25. The van der Waals surface area contributed by atoms with Crippen LogP contribution in [0.5, 0.6) is 0 Å². The van der Waals surface area contributed by atoms with Crippen molar-refractivity contribution in [1.29, 1.82) is 0 Å². The van der Waals surface area contributed by atoms with Crippen molar-refractivity contribution in [3.8, 4) is 0 Å². The van der Waals surface area contributed by atoms with E-state index in [1.807, 2.05) is 18.7 Å². The van der Waals surface area contributed by atoms with Crippen LogP contribution in [0.1, 0.15) is 45.4 Å². The van der Waals surface area contributed by atoms with Crippen LogP contribution in [0.25, 0.3) is 0 Å². The zero-order valence-electron chi connectivity index (χ0n) is 11.4. The zero-order chi connectivity index (χ0) is 13.8. The van der Waals surface area contributed by atoms with Crippen molar-refractivity contribution in [2.24, 2.45) is 11.8 Å². The molecule has 1 aliphatic heterocycles. The summed E-state index contributed by atoms with van der Waals surface area (Å²) in [6.45, 7) is 1.95. The molecule has 0 bridgehead atoms. The molecule has 19 heavy (non-hydrogen) atoms. The lowest BCUT2D eigenvalue weighted by Gasteiger charge is -2.32. The van der Waals surface area contributed by atoms with Gasteiger partial charge in [0, 0.05) is 17.9 Å². The smallest absolute Gasteiger partial charge is 0.167 e. The number of rotatable bonds is 4. The lowest BCUT2D eigenvalue weighted by atomic mass is 9.77. The van der Waals surface area contributed by atoms with Gasteiger partial charge >= 0.3 is 0 Å². The number of hydrogen-bond donors (Lipinski definition) is 0. The Morgan fingerprint density at radius 2 is 2.16 bits per heavy atom. The van der Waals surface area contributed by atoms with Crippen LogP contribution in [0.4, 0.5) is 0 Å². The first-order valence-corrected chi connectivity index (χ1v) is 8.69. The monoisotopic (exact) mass is 300 g/mol. The quantitative estimate of drug-likeness (QED) is 0.737. The highest BCUT2D eigenvalue weighted by molar-refractivity contribution is 7.99. The van der Waals surface area contributed by atoms with Gasteiger partial charge in [0.25, 0.3) is 0 Å². The predicted octanol–water partition coefficient (Wildman–Crippen LogP) is 3.97. The third-order valence-electron chi connectivity index (χ3n) is 4.06. The van der Waals surface area contributed by atoms with Crippen LogP contribution in [-0.4, -0.2) is 23.1 Å². The molecule has 1 fully saturated rings. The van der Waals surface area contributed by atoms with E-state index < -0.39 is 0 Å². The van der Waals surface area contributed by atoms with Crippen molar-refractivity contribution in [3.05, 3.63) is 10.6 Å². The standard InChI is InChI=1S/C15H21ClO2S/c1-2-4-13(17)15-12(16)7-11(8-14(15)18)10-5-3-6-19-9-10/h10-11H,2-9H2,1H3. The highest BCUT2D eigenvalue weighted by Crippen LogP contribution is 2.39. The molecule has 1 aliphatic carbocycles. The molecule has 2 unspecified atom stereocenters. The molecule has 0 saturated carbocycles. The first-order valence-electron chi connectivity index (χ1n) is 7.16. The molecule has 2 nitrogen and oxygen atoms in total. The normalized spacial score (nSPS) is 28.6. The Kier molecular flexibility index (Phi) is 5.52. The van der Waals surface area contributed by atoms with E-state index in [1.165, 1.54) is 18.6 Å². The van der Waals surface area contributed by atoms with Crippen molar-refractivity contribution in [2.45, 2.75) is 45.4 Å². The topological polar surface area (TPSA) is 34.1 Å². The van der Waals surface area contributed by atoms with Crippen molar-refractivity contribution in [3.63, 3.8) is 0 Å². The van der Waals surface area contributed by atoms with Gasteiger partial charge in [-0.1, -0.05) is 18.5 Å². The molecule has 0 radical (unpaired) electrons. The van der Waals surface area contributed by atoms with Crippen LogP contribution in [0.15, 0.2) is 10.6 Å². The van der Waals surface area contributed by atoms with Crippen molar-refractivity contribution in [1.82, 2.24) is 0 Å². The molecule has 1 saturated heterocycles. The van der Waals surface area contributed by atoms with Crippen LogP contribution in [0.3, 0.4) is 0 Å². The molecule has 1 heterocycles. The lowest BCUT2D eigenvalue weighted by Crippen LogP contribution is -2.29. The highest BCUT2D eigenvalue weighted by Gasteiger charge is 2.34. The minimum Gasteiger partial charge on any atom is -0.294 e.